The van der Waals surface area contributed by atoms with Crippen LogP contribution in [0, 0.1) is 24.7 Å². The number of ketones is 3. The summed E-state index contributed by atoms with van der Waals surface area (Å²) < 4.78 is 12.3. The third-order valence-corrected chi connectivity index (χ3v) is 12.2. The van der Waals surface area contributed by atoms with Crippen molar-refractivity contribution in [2.45, 2.75) is 110 Å². The number of nitrogens with zero attached hydrogens (tertiary/aromatic N) is 1. The highest BCUT2D eigenvalue weighted by Gasteiger charge is 2.36. The largest absolute Gasteiger partial charge is 0.492 e. The molecule has 3 aromatic carbocycles. The van der Waals surface area contributed by atoms with Crippen LogP contribution in [-0.2, 0) is 41.7 Å². The molecule has 17 heteroatoms. The van der Waals surface area contributed by atoms with Gasteiger partial charge in [-0.15, -0.1) is 0 Å². The van der Waals surface area contributed by atoms with E-state index in [9.17, 15) is 33.6 Å². The van der Waals surface area contributed by atoms with Crippen LogP contribution in [0.15, 0.2) is 54.6 Å². The van der Waals surface area contributed by atoms with Gasteiger partial charge in [0.2, 0.25) is 11.8 Å². The molecule has 4 bridgehead atoms. The summed E-state index contributed by atoms with van der Waals surface area (Å²) in [6.45, 7) is 7.83. The maximum atomic E-state index is 14.8. The molecule has 0 unspecified atom stereocenters. The monoisotopic (exact) mass is 942 g/mol. The van der Waals surface area contributed by atoms with Gasteiger partial charge in [-0.25, -0.2) is 4.79 Å². The molecule has 0 saturated heterocycles. The Bertz CT molecular complexity index is 2250. The molecular weight excluding hydrogens is 871 g/mol. The van der Waals surface area contributed by atoms with E-state index in [1.807, 2.05) is 30.6 Å². The fourth-order valence-corrected chi connectivity index (χ4v) is 8.49. The summed E-state index contributed by atoms with van der Waals surface area (Å²) in [6.07, 6.45) is 4.76. The highest BCUT2D eigenvalue weighted by atomic mass is 16.7. The van der Waals surface area contributed by atoms with Crippen molar-refractivity contribution in [1.29, 1.82) is 0 Å². The Morgan fingerprint density at radius 2 is 1.50 bits per heavy atom. The Morgan fingerprint density at radius 1 is 0.838 bits per heavy atom. The topological polar surface area (TPSA) is 279 Å². The maximum absolute atomic E-state index is 14.8. The van der Waals surface area contributed by atoms with Gasteiger partial charge in [-0.1, -0.05) is 76.8 Å². The molecule has 1 aliphatic rings. The van der Waals surface area contributed by atoms with Crippen molar-refractivity contribution in [3.63, 3.8) is 0 Å². The minimum atomic E-state index is -1.26. The molecule has 0 spiro atoms. The molecule has 370 valence electrons. The van der Waals surface area contributed by atoms with Crippen molar-refractivity contribution in [1.82, 2.24) is 15.7 Å². The molecule has 0 saturated carbocycles. The minimum absolute atomic E-state index is 0.0237. The molecule has 0 aromatic heterocycles. The van der Waals surface area contributed by atoms with Gasteiger partial charge in [-0.3, -0.25) is 28.8 Å². The number of unbranched alkanes of at least 4 members (excludes halogenated alkanes) is 4. The molecule has 10 N–H and O–H groups in total. The van der Waals surface area contributed by atoms with Gasteiger partial charge in [0.05, 0.1) is 6.04 Å². The number of likely N-dealkylation sites (N-methyl/N-ethyl adjacent to an activating group) is 1. The third-order valence-electron chi connectivity index (χ3n) is 12.2. The van der Waals surface area contributed by atoms with E-state index < -0.39 is 65.2 Å². The van der Waals surface area contributed by atoms with Crippen LogP contribution in [0.25, 0.3) is 11.1 Å². The zero-order valence-corrected chi connectivity index (χ0v) is 40.2. The predicted molar refractivity (Wildman–Crippen MR) is 258 cm³/mol. The summed E-state index contributed by atoms with van der Waals surface area (Å²) in [5.41, 5.74) is 29.1. The number of ether oxygens (including phenoxy) is 2. The molecule has 1 heterocycles. The Kier molecular flexibility index (Phi) is 21.6. The molecule has 0 fully saturated rings. The first-order chi connectivity index (χ1) is 32.5. The average molecular weight is 942 g/mol. The fourth-order valence-electron chi connectivity index (χ4n) is 8.49. The van der Waals surface area contributed by atoms with E-state index in [0.717, 1.165) is 30.4 Å². The number of carbonyl (C=O) groups is 7. The van der Waals surface area contributed by atoms with Crippen LogP contribution >= 0.6 is 0 Å². The van der Waals surface area contributed by atoms with Gasteiger partial charge < -0.3 is 47.5 Å². The first kappa shape index (κ1) is 54.4. The highest BCUT2D eigenvalue weighted by molar-refractivity contribution is 6.01. The van der Waals surface area contributed by atoms with Gasteiger partial charge in [0.25, 0.3) is 5.91 Å². The lowest BCUT2D eigenvalue weighted by atomic mass is 9.87. The van der Waals surface area contributed by atoms with Crippen molar-refractivity contribution in [2.75, 3.05) is 39.9 Å². The van der Waals surface area contributed by atoms with Crippen molar-refractivity contribution >= 4 is 41.2 Å². The van der Waals surface area contributed by atoms with E-state index in [1.54, 1.807) is 43.3 Å². The molecule has 4 amide bonds. The number of Topliss-reactive ketones (excluding diaryl/α,β-unsaturated/α-hetero) is 3. The lowest BCUT2D eigenvalue weighted by Gasteiger charge is -2.32. The summed E-state index contributed by atoms with van der Waals surface area (Å²) in [7, 11) is 1.50. The Morgan fingerprint density at radius 3 is 2.13 bits per heavy atom. The first-order valence-corrected chi connectivity index (χ1v) is 23.7. The van der Waals surface area contributed by atoms with Crippen molar-refractivity contribution in [3.05, 3.63) is 82.4 Å². The third kappa shape index (κ3) is 15.4. The van der Waals surface area contributed by atoms with Crippen molar-refractivity contribution in [3.8, 4) is 22.6 Å². The fraction of sp³-hybridized carbons (Fsp3) is 0.510. The molecular formula is C51H71N7O10. The second kappa shape index (κ2) is 27.0. The van der Waals surface area contributed by atoms with Crippen LogP contribution in [0.2, 0.25) is 0 Å². The number of hydrogen-bond acceptors (Lipinski definition) is 13. The van der Waals surface area contributed by atoms with Crippen LogP contribution in [0.4, 0.5) is 4.79 Å². The van der Waals surface area contributed by atoms with Crippen LogP contribution in [0.5, 0.6) is 11.5 Å². The number of benzene rings is 3. The van der Waals surface area contributed by atoms with E-state index >= 15 is 0 Å². The number of primary amides is 1. The zero-order valence-electron chi connectivity index (χ0n) is 40.2. The minimum Gasteiger partial charge on any atom is -0.492 e. The smallest absolute Gasteiger partial charge is 0.428 e. The number of carbonyl (C=O) groups excluding carboxylic acids is 7. The molecule has 17 nitrogen and oxygen atoms in total. The number of aryl methyl sites for hydroxylation is 2. The van der Waals surface area contributed by atoms with Gasteiger partial charge in [0, 0.05) is 73.8 Å². The van der Waals surface area contributed by atoms with Gasteiger partial charge >= 0.3 is 6.09 Å². The van der Waals surface area contributed by atoms with E-state index in [4.69, 9.17) is 32.4 Å². The van der Waals surface area contributed by atoms with E-state index in [0.29, 0.717) is 39.3 Å². The van der Waals surface area contributed by atoms with Gasteiger partial charge in [0.1, 0.15) is 30.8 Å². The molecule has 68 heavy (non-hydrogen) atoms. The normalized spacial score (nSPS) is 16.9. The first-order valence-electron chi connectivity index (χ1n) is 23.7. The predicted octanol–water partition coefficient (Wildman–Crippen LogP) is 4.95. The molecule has 0 aliphatic carbocycles. The van der Waals surface area contributed by atoms with E-state index in [-0.39, 0.29) is 70.7 Å². The van der Waals surface area contributed by atoms with Crippen molar-refractivity contribution in [2.24, 2.45) is 40.7 Å². The Hall–Kier alpha value is -6.17. The quantitative estimate of drug-likeness (QED) is 0.0418. The zero-order chi connectivity index (χ0) is 49.9. The average Bonchev–Trinajstić information content (AvgIpc) is 3.31. The molecule has 3 aromatic rings. The number of nitrogens with two attached hydrogens (primary N) is 4. The Labute approximate surface area is 399 Å². The number of rotatable bonds is 23. The second-order valence-electron chi connectivity index (χ2n) is 17.7. The molecule has 1 aliphatic heterocycles. The lowest BCUT2D eigenvalue weighted by Crippen LogP contribution is -2.46. The summed E-state index contributed by atoms with van der Waals surface area (Å²) in [4.78, 5) is 101. The SMILES string of the molecule is CCCCCCCc1ccc(C(=O)C[C@@H](CCN)C(=O)N(C)[C@@H]2C(=O)C[C@@H](C)C(=O)N[C@H](C(=O)C[C@@H](C)C(=O)NOC(N)=O)Cc3ccc(OCCN)c(c3)-c3cc2ccc3OCCN)c(C)c1. The summed E-state index contributed by atoms with van der Waals surface area (Å²) in [5.74, 6) is -5.19. The van der Waals surface area contributed by atoms with Crippen LogP contribution in [0.3, 0.4) is 0 Å². The molecule has 5 atom stereocenters. The lowest BCUT2D eigenvalue weighted by molar-refractivity contribution is -0.142. The van der Waals surface area contributed by atoms with Gasteiger partial charge in [-0.2, -0.15) is 5.48 Å². The number of fused-ring (bicyclic) bond motifs is 5. The van der Waals surface area contributed by atoms with Crippen LogP contribution in [-0.4, -0.2) is 92.0 Å². The molecule has 4 rings (SSSR count). The van der Waals surface area contributed by atoms with Crippen molar-refractivity contribution < 1.29 is 47.9 Å². The van der Waals surface area contributed by atoms with Crippen LogP contribution in [0.1, 0.15) is 117 Å². The number of hydroxylamine groups is 1. The maximum Gasteiger partial charge on any atom is 0.428 e. The van der Waals surface area contributed by atoms with Gasteiger partial charge in [-0.05, 0) is 85.7 Å². The standard InChI is InChI=1S/C51H71N7O10/c1-6-7-8-9-10-11-34-12-15-38(31(2)24-34)42(59)30-37(18-19-52)50(64)58(5)47-36-14-17-46(67-23-21-54)40(29-36)39-27-35(13-16-45(39)66-22-20-53)28-41(56-48(62)32(3)26-44(47)61)43(60)25-33(4)49(63)57-68-51(55)65/h12-17,24,27,29,32-33,37,41,47H,6-11,18-23,25-26,28,30,52-54H2,1-5H3,(H2,55,65)(H,56,62)(H,57,63)/t32-,33-,37-,41+,47+/m1/s1. The highest BCUT2D eigenvalue weighted by Crippen LogP contribution is 2.41. The van der Waals surface area contributed by atoms with Crippen LogP contribution < -0.4 is 43.2 Å². The second-order valence-corrected chi connectivity index (χ2v) is 17.7. The van der Waals surface area contributed by atoms with E-state index in [2.05, 4.69) is 17.1 Å². The van der Waals surface area contributed by atoms with E-state index in [1.165, 1.54) is 38.1 Å². The number of amides is 4. The summed E-state index contributed by atoms with van der Waals surface area (Å²) in [5, 5.41) is 2.81. The summed E-state index contributed by atoms with van der Waals surface area (Å²) >= 11 is 0. The number of nitrogens with one attached hydrogen (secondary N) is 2. The van der Waals surface area contributed by atoms with Gasteiger partial charge in [0.15, 0.2) is 17.3 Å². The number of hydrogen-bond donors (Lipinski definition) is 6. The Balaban J connectivity index is 1.78. The molecule has 0 radical (unpaired) electrons. The summed E-state index contributed by atoms with van der Waals surface area (Å²) in [6, 6.07) is 13.7.